The second-order valence-corrected chi connectivity index (χ2v) is 8.06. The van der Waals surface area contributed by atoms with E-state index in [4.69, 9.17) is 9.57 Å². The molecule has 170 valence electrons. The summed E-state index contributed by atoms with van der Waals surface area (Å²) < 4.78 is 8.21. The van der Waals surface area contributed by atoms with Gasteiger partial charge in [0.25, 0.3) is 0 Å². The molecule has 0 aliphatic carbocycles. The number of rotatable bonds is 4. The van der Waals surface area contributed by atoms with E-state index in [1.165, 1.54) is 6.92 Å². The number of Topliss-reactive ketones (excluding diaryl/α,β-unsaturated/α-hetero) is 1. The lowest BCUT2D eigenvalue weighted by molar-refractivity contribution is -0.140. The number of aromatic nitrogens is 1. The molecule has 0 atom stereocenters. The highest BCUT2D eigenvalue weighted by molar-refractivity contribution is 6.47. The Bertz CT molecular complexity index is 1500. The van der Waals surface area contributed by atoms with Crippen molar-refractivity contribution in [3.8, 4) is 5.75 Å². The maximum absolute atomic E-state index is 13.2. The molecule has 0 saturated heterocycles. The van der Waals surface area contributed by atoms with Crippen LogP contribution in [0.3, 0.4) is 0 Å². The highest BCUT2D eigenvalue weighted by Crippen LogP contribution is 2.40. The Morgan fingerprint density at radius 3 is 2.53 bits per heavy atom. The number of aryl methyl sites for hydroxylation is 1. The van der Waals surface area contributed by atoms with Crippen molar-refractivity contribution in [1.29, 1.82) is 0 Å². The van der Waals surface area contributed by atoms with E-state index in [1.54, 1.807) is 18.2 Å². The summed E-state index contributed by atoms with van der Waals surface area (Å²) in [5.41, 5.74) is 3.51. The fourth-order valence-corrected chi connectivity index (χ4v) is 4.45. The number of oxime groups is 1. The number of hydrogen-bond acceptors (Lipinski definition) is 6. The number of carbonyl (C=O) groups excluding carboxylic acids is 3. The molecule has 34 heavy (non-hydrogen) atoms. The third kappa shape index (κ3) is 3.55. The Morgan fingerprint density at radius 2 is 1.79 bits per heavy atom. The van der Waals surface area contributed by atoms with Crippen LogP contribution in [0.2, 0.25) is 0 Å². The first-order valence-electron chi connectivity index (χ1n) is 11.1. The minimum atomic E-state index is -0.595. The average Bonchev–Trinajstić information content (AvgIpc) is 3.09. The number of hydrogen-bond donors (Lipinski definition) is 0. The summed E-state index contributed by atoms with van der Waals surface area (Å²) in [4.78, 5) is 42.2. The first-order chi connectivity index (χ1) is 16.5. The van der Waals surface area contributed by atoms with Crippen LogP contribution in [0.4, 0.5) is 0 Å². The summed E-state index contributed by atoms with van der Waals surface area (Å²) in [5, 5.41) is 5.36. The molecule has 0 spiro atoms. The summed E-state index contributed by atoms with van der Waals surface area (Å²) in [7, 11) is 0. The molecular formula is C27H22N2O5. The summed E-state index contributed by atoms with van der Waals surface area (Å²) in [5.74, 6) is -0.556. The van der Waals surface area contributed by atoms with E-state index in [-0.39, 0.29) is 30.3 Å². The van der Waals surface area contributed by atoms with Crippen molar-refractivity contribution in [3.05, 3.63) is 77.4 Å². The van der Waals surface area contributed by atoms with Crippen molar-refractivity contribution in [2.75, 3.05) is 6.61 Å². The van der Waals surface area contributed by atoms with Gasteiger partial charge in [-0.05, 0) is 37.3 Å². The molecule has 7 heteroatoms. The summed E-state index contributed by atoms with van der Waals surface area (Å²) in [6.07, 6.45) is 0.215. The van der Waals surface area contributed by atoms with E-state index < -0.39 is 5.97 Å². The lowest BCUT2D eigenvalue weighted by Crippen LogP contribution is -2.15. The van der Waals surface area contributed by atoms with Gasteiger partial charge in [0, 0.05) is 41.9 Å². The van der Waals surface area contributed by atoms with Crippen LogP contribution < -0.4 is 4.74 Å². The van der Waals surface area contributed by atoms with E-state index >= 15 is 0 Å². The molecule has 2 heterocycles. The van der Waals surface area contributed by atoms with Crippen LogP contribution in [0.15, 0.2) is 65.8 Å². The predicted molar refractivity (Wildman–Crippen MR) is 129 cm³/mol. The monoisotopic (exact) mass is 454 g/mol. The zero-order valence-electron chi connectivity index (χ0n) is 18.8. The SMILES string of the molecule is CCn1c2ccc(C(=O)c3ccccc3)cc2c2c3c(ccc21)C(=O)/C(=N/OC(C)=O)CCO3. The molecule has 7 nitrogen and oxygen atoms in total. The molecule has 1 aromatic heterocycles. The lowest BCUT2D eigenvalue weighted by atomic mass is 9.99. The van der Waals surface area contributed by atoms with Gasteiger partial charge in [-0.2, -0.15) is 0 Å². The van der Waals surface area contributed by atoms with Gasteiger partial charge in [-0.15, -0.1) is 0 Å². The van der Waals surface area contributed by atoms with E-state index in [2.05, 4.69) is 9.72 Å². The Hall–Kier alpha value is -4.26. The fraction of sp³-hybridized carbons (Fsp3) is 0.185. The number of ether oxygens (including phenoxy) is 1. The van der Waals surface area contributed by atoms with Gasteiger partial charge < -0.3 is 14.1 Å². The molecule has 0 unspecified atom stereocenters. The maximum Gasteiger partial charge on any atom is 0.331 e. The topological polar surface area (TPSA) is 87.0 Å². The first kappa shape index (κ1) is 21.6. The molecular weight excluding hydrogens is 432 g/mol. The number of benzene rings is 3. The third-order valence-electron chi connectivity index (χ3n) is 5.97. The van der Waals surface area contributed by atoms with Gasteiger partial charge in [-0.3, -0.25) is 9.59 Å². The largest absolute Gasteiger partial charge is 0.492 e. The van der Waals surface area contributed by atoms with Crippen molar-refractivity contribution >= 4 is 45.1 Å². The van der Waals surface area contributed by atoms with E-state index in [0.29, 0.717) is 29.0 Å². The Morgan fingerprint density at radius 1 is 1.03 bits per heavy atom. The molecule has 0 N–H and O–H groups in total. The van der Waals surface area contributed by atoms with Crippen LogP contribution in [-0.2, 0) is 16.2 Å². The van der Waals surface area contributed by atoms with Gasteiger partial charge in [0.1, 0.15) is 11.5 Å². The molecule has 0 saturated carbocycles. The zero-order chi connectivity index (χ0) is 23.8. The van der Waals surface area contributed by atoms with E-state index in [1.807, 2.05) is 49.4 Å². The van der Waals surface area contributed by atoms with Crippen LogP contribution in [0.1, 0.15) is 46.5 Å². The fourth-order valence-electron chi connectivity index (χ4n) is 4.45. The highest BCUT2D eigenvalue weighted by atomic mass is 16.7. The van der Waals surface area contributed by atoms with Crippen LogP contribution in [0.5, 0.6) is 5.75 Å². The van der Waals surface area contributed by atoms with Crippen molar-refractivity contribution in [2.45, 2.75) is 26.8 Å². The number of carbonyl (C=O) groups is 3. The van der Waals surface area contributed by atoms with Gasteiger partial charge in [0.15, 0.2) is 5.78 Å². The van der Waals surface area contributed by atoms with Crippen molar-refractivity contribution < 1.29 is 24.0 Å². The van der Waals surface area contributed by atoms with Crippen LogP contribution in [0, 0.1) is 0 Å². The quantitative estimate of drug-likeness (QED) is 0.248. The molecule has 1 aliphatic heterocycles. The van der Waals surface area contributed by atoms with E-state index in [9.17, 15) is 14.4 Å². The van der Waals surface area contributed by atoms with Gasteiger partial charge in [0.2, 0.25) is 5.78 Å². The normalized spacial score (nSPS) is 14.6. The minimum Gasteiger partial charge on any atom is -0.492 e. The van der Waals surface area contributed by atoms with Gasteiger partial charge in [-0.1, -0.05) is 35.5 Å². The summed E-state index contributed by atoms with van der Waals surface area (Å²) in [6, 6.07) is 18.4. The smallest absolute Gasteiger partial charge is 0.331 e. The molecule has 0 fully saturated rings. The minimum absolute atomic E-state index is 0.0743. The summed E-state index contributed by atoms with van der Waals surface area (Å²) in [6.45, 7) is 4.19. The first-order valence-corrected chi connectivity index (χ1v) is 11.1. The van der Waals surface area contributed by atoms with Crippen molar-refractivity contribution in [2.24, 2.45) is 5.16 Å². The Balaban J connectivity index is 1.72. The zero-order valence-corrected chi connectivity index (χ0v) is 18.8. The van der Waals surface area contributed by atoms with E-state index in [0.717, 1.165) is 21.8 Å². The Kier molecular flexibility index (Phi) is 5.45. The second kappa shape index (κ2) is 8.59. The van der Waals surface area contributed by atoms with Gasteiger partial charge in [0.05, 0.1) is 23.1 Å². The van der Waals surface area contributed by atoms with Crippen LogP contribution in [0.25, 0.3) is 21.8 Å². The second-order valence-electron chi connectivity index (χ2n) is 8.06. The number of nitrogens with zero attached hydrogens (tertiary/aromatic N) is 2. The standard InChI is InChI=1S/C27H22N2O5/c1-3-29-22-11-9-18(25(31)17-7-5-4-6-8-17)15-20(22)24-23(29)12-10-19-26(32)21(28-34-16(2)30)13-14-33-27(19)24/h4-12,15H,3,13-14H2,1-2H3/b28-21+. The third-order valence-corrected chi connectivity index (χ3v) is 5.97. The molecule has 0 bridgehead atoms. The predicted octanol–water partition coefficient (Wildman–Crippen LogP) is 4.93. The van der Waals surface area contributed by atoms with Crippen molar-refractivity contribution in [1.82, 2.24) is 4.57 Å². The molecule has 5 rings (SSSR count). The highest BCUT2D eigenvalue weighted by Gasteiger charge is 2.27. The average molecular weight is 454 g/mol. The van der Waals surface area contributed by atoms with Crippen LogP contribution in [-0.4, -0.2) is 34.4 Å². The van der Waals surface area contributed by atoms with Gasteiger partial charge in [-0.25, -0.2) is 4.79 Å². The number of fused-ring (bicyclic) bond motifs is 5. The molecule has 3 aromatic carbocycles. The molecule has 0 amide bonds. The Labute approximate surface area is 195 Å². The molecule has 0 radical (unpaired) electrons. The van der Waals surface area contributed by atoms with Crippen LogP contribution >= 0.6 is 0 Å². The number of ketones is 2. The molecule has 4 aromatic rings. The molecule has 1 aliphatic rings. The summed E-state index contributed by atoms with van der Waals surface area (Å²) >= 11 is 0. The maximum atomic E-state index is 13.2. The van der Waals surface area contributed by atoms with Crippen molar-refractivity contribution in [3.63, 3.8) is 0 Å². The lowest BCUT2D eigenvalue weighted by Gasteiger charge is -2.09. The van der Waals surface area contributed by atoms with Gasteiger partial charge >= 0.3 is 5.97 Å².